The molecule has 3 aliphatic heterocycles. The molecule has 0 radical (unpaired) electrons. The summed E-state index contributed by atoms with van der Waals surface area (Å²) in [6, 6.07) is -0.176. The summed E-state index contributed by atoms with van der Waals surface area (Å²) in [4.78, 5) is 14.4. The number of nitrogens with zero attached hydrogens (tertiary/aromatic N) is 1. The van der Waals surface area contributed by atoms with Crippen LogP contribution in [-0.2, 0) is 14.3 Å². The van der Waals surface area contributed by atoms with Gasteiger partial charge in [-0.3, -0.25) is 4.79 Å². The van der Waals surface area contributed by atoms with Gasteiger partial charge in [-0.2, -0.15) is 0 Å². The number of carboxylic acids is 1. The van der Waals surface area contributed by atoms with Crippen LogP contribution in [0.3, 0.4) is 0 Å². The minimum atomic E-state index is -1.05. The summed E-state index contributed by atoms with van der Waals surface area (Å²) in [5, 5.41) is 10.0. The van der Waals surface area contributed by atoms with Crippen molar-refractivity contribution in [1.29, 1.82) is 0 Å². The first kappa shape index (κ1) is 16.3. The van der Waals surface area contributed by atoms with Crippen LogP contribution in [-0.4, -0.2) is 47.6 Å². The Morgan fingerprint density at radius 3 is 2.65 bits per heavy atom. The second kappa shape index (κ2) is 5.80. The van der Waals surface area contributed by atoms with Crippen LogP contribution in [0.25, 0.3) is 0 Å². The van der Waals surface area contributed by atoms with Crippen LogP contribution < -0.4 is 0 Å². The number of fused-ring (bicyclic) bond motifs is 2. The van der Waals surface area contributed by atoms with Gasteiger partial charge in [0.05, 0.1) is 19.3 Å². The summed E-state index contributed by atoms with van der Waals surface area (Å²) >= 11 is 0. The largest absolute Gasteiger partial charge is 0.481 e. The second-order valence-electron chi connectivity index (χ2n) is 6.97. The SMILES string of the molecule is CCC1=CC=C2C=CCC(C3(C(=O)O)COC(C)(C)OC3)N1C2. The Hall–Kier alpha value is -1.59. The molecule has 23 heavy (non-hydrogen) atoms. The van der Waals surface area contributed by atoms with Crippen molar-refractivity contribution in [2.45, 2.75) is 45.4 Å². The van der Waals surface area contributed by atoms with E-state index in [0.29, 0.717) is 6.42 Å². The molecule has 3 aliphatic rings. The average Bonchev–Trinajstić information content (AvgIpc) is 2.68. The van der Waals surface area contributed by atoms with Crippen LogP contribution in [0.1, 0.15) is 33.6 Å². The quantitative estimate of drug-likeness (QED) is 0.867. The van der Waals surface area contributed by atoms with E-state index in [2.05, 4.69) is 36.1 Å². The predicted molar refractivity (Wildman–Crippen MR) is 86.8 cm³/mol. The first-order valence-electron chi connectivity index (χ1n) is 8.22. The maximum atomic E-state index is 12.2. The van der Waals surface area contributed by atoms with Gasteiger partial charge in [-0.05, 0) is 38.3 Å². The number of aliphatic carboxylic acids is 1. The van der Waals surface area contributed by atoms with Crippen LogP contribution in [0.5, 0.6) is 0 Å². The molecule has 1 N–H and O–H groups in total. The fourth-order valence-electron chi connectivity index (χ4n) is 3.54. The van der Waals surface area contributed by atoms with Crippen molar-refractivity contribution in [3.05, 3.63) is 35.6 Å². The fraction of sp³-hybridized carbons (Fsp3) is 0.611. The summed E-state index contributed by atoms with van der Waals surface area (Å²) < 4.78 is 11.5. The Labute approximate surface area is 137 Å². The molecule has 126 valence electrons. The highest BCUT2D eigenvalue weighted by Gasteiger charge is 2.53. The highest BCUT2D eigenvalue weighted by molar-refractivity contribution is 5.76. The van der Waals surface area contributed by atoms with E-state index in [9.17, 15) is 9.90 Å². The average molecular weight is 319 g/mol. The van der Waals surface area contributed by atoms with Gasteiger partial charge >= 0.3 is 5.97 Å². The number of carbonyl (C=O) groups is 1. The molecule has 0 amide bonds. The van der Waals surface area contributed by atoms with E-state index in [1.807, 2.05) is 13.8 Å². The molecule has 5 nitrogen and oxygen atoms in total. The van der Waals surface area contributed by atoms with Gasteiger partial charge in [-0.25, -0.2) is 0 Å². The fourth-order valence-corrected chi connectivity index (χ4v) is 3.54. The van der Waals surface area contributed by atoms with Crippen molar-refractivity contribution < 1.29 is 19.4 Å². The predicted octanol–water partition coefficient (Wildman–Crippen LogP) is 2.70. The highest BCUT2D eigenvalue weighted by atomic mass is 16.7. The molecule has 0 saturated carbocycles. The number of hydrogen-bond acceptors (Lipinski definition) is 4. The molecule has 1 atom stereocenters. The molecule has 3 rings (SSSR count). The summed E-state index contributed by atoms with van der Waals surface area (Å²) in [5.41, 5.74) is 1.33. The Balaban J connectivity index is 1.97. The monoisotopic (exact) mass is 319 g/mol. The van der Waals surface area contributed by atoms with Crippen LogP contribution in [0, 0.1) is 5.41 Å². The minimum Gasteiger partial charge on any atom is -0.481 e. The molecule has 1 fully saturated rings. The van der Waals surface area contributed by atoms with Gasteiger partial charge in [0.25, 0.3) is 0 Å². The summed E-state index contributed by atoms with van der Waals surface area (Å²) in [5.74, 6) is -1.57. The lowest BCUT2D eigenvalue weighted by Gasteiger charge is -2.49. The van der Waals surface area contributed by atoms with Gasteiger partial charge in [-0.15, -0.1) is 0 Å². The van der Waals surface area contributed by atoms with Crippen molar-refractivity contribution >= 4 is 5.97 Å². The van der Waals surface area contributed by atoms with Crippen molar-refractivity contribution in [2.75, 3.05) is 19.8 Å². The normalized spacial score (nSPS) is 28.7. The van der Waals surface area contributed by atoms with E-state index in [4.69, 9.17) is 9.47 Å². The van der Waals surface area contributed by atoms with E-state index >= 15 is 0 Å². The molecule has 2 bridgehead atoms. The first-order chi connectivity index (χ1) is 10.9. The Morgan fingerprint density at radius 1 is 1.35 bits per heavy atom. The maximum absolute atomic E-state index is 12.2. The molecular weight excluding hydrogens is 294 g/mol. The van der Waals surface area contributed by atoms with Crippen LogP contribution >= 0.6 is 0 Å². The lowest BCUT2D eigenvalue weighted by atomic mass is 9.77. The molecule has 0 aromatic heterocycles. The zero-order valence-corrected chi connectivity index (χ0v) is 14.0. The third-order valence-electron chi connectivity index (χ3n) is 5.06. The molecule has 0 spiro atoms. The topological polar surface area (TPSA) is 59.0 Å². The highest BCUT2D eigenvalue weighted by Crippen LogP contribution is 2.40. The van der Waals surface area contributed by atoms with Crippen molar-refractivity contribution in [2.24, 2.45) is 5.41 Å². The van der Waals surface area contributed by atoms with Crippen LogP contribution in [0.4, 0.5) is 0 Å². The number of hydrogen-bond donors (Lipinski definition) is 1. The molecule has 3 heterocycles. The molecular formula is C18H25NO4. The third kappa shape index (κ3) is 2.83. The lowest BCUT2D eigenvalue weighted by molar-refractivity contribution is -0.291. The Kier molecular flexibility index (Phi) is 4.10. The van der Waals surface area contributed by atoms with E-state index < -0.39 is 17.2 Å². The molecule has 0 aromatic rings. The Morgan fingerprint density at radius 2 is 2.04 bits per heavy atom. The maximum Gasteiger partial charge on any atom is 0.316 e. The van der Waals surface area contributed by atoms with Gasteiger partial charge in [0.1, 0.15) is 5.41 Å². The van der Waals surface area contributed by atoms with Crippen LogP contribution in [0.15, 0.2) is 35.6 Å². The zero-order chi connectivity index (χ0) is 16.7. The second-order valence-corrected chi connectivity index (χ2v) is 6.97. The van der Waals surface area contributed by atoms with Crippen LogP contribution in [0.2, 0.25) is 0 Å². The van der Waals surface area contributed by atoms with Crippen molar-refractivity contribution in [3.8, 4) is 0 Å². The first-order valence-corrected chi connectivity index (χ1v) is 8.22. The molecule has 0 aliphatic carbocycles. The van der Waals surface area contributed by atoms with Gasteiger partial charge in [0.15, 0.2) is 5.79 Å². The molecule has 5 heteroatoms. The smallest absolute Gasteiger partial charge is 0.316 e. The van der Waals surface area contributed by atoms with Gasteiger partial charge in [-0.1, -0.05) is 25.2 Å². The number of ether oxygens (including phenoxy) is 2. The van der Waals surface area contributed by atoms with Gasteiger partial charge < -0.3 is 19.5 Å². The van der Waals surface area contributed by atoms with Gasteiger partial charge in [0, 0.05) is 12.2 Å². The summed E-state index contributed by atoms with van der Waals surface area (Å²) in [6.45, 7) is 6.83. The minimum absolute atomic E-state index is 0.167. The molecule has 1 unspecified atom stereocenters. The van der Waals surface area contributed by atoms with E-state index in [-0.39, 0.29) is 19.3 Å². The summed E-state index contributed by atoms with van der Waals surface area (Å²) in [7, 11) is 0. The number of allylic oxidation sites excluding steroid dienone is 3. The number of carboxylic acid groups (broad SMARTS) is 1. The van der Waals surface area contributed by atoms with E-state index in [0.717, 1.165) is 13.0 Å². The van der Waals surface area contributed by atoms with Gasteiger partial charge in [0.2, 0.25) is 0 Å². The summed E-state index contributed by atoms with van der Waals surface area (Å²) in [6.07, 6.45) is 9.95. The third-order valence-corrected chi connectivity index (χ3v) is 5.06. The van der Waals surface area contributed by atoms with E-state index in [1.165, 1.54) is 11.3 Å². The van der Waals surface area contributed by atoms with Crippen molar-refractivity contribution in [1.82, 2.24) is 4.90 Å². The molecule has 0 aromatic carbocycles. The zero-order valence-electron chi connectivity index (χ0n) is 14.0. The lowest BCUT2D eigenvalue weighted by Crippen LogP contribution is -2.61. The Bertz CT molecular complexity index is 578. The van der Waals surface area contributed by atoms with Crippen molar-refractivity contribution in [3.63, 3.8) is 0 Å². The molecule has 1 saturated heterocycles. The number of rotatable bonds is 3. The van der Waals surface area contributed by atoms with E-state index in [1.54, 1.807) is 0 Å². The standard InChI is InChI=1S/C18H25NO4/c1-4-14-9-8-13-6-5-7-15(19(14)10-13)18(16(20)21)11-22-17(2,3)23-12-18/h5-6,8-9,15H,4,7,10-12H2,1-3H3,(H,20,21).